The van der Waals surface area contributed by atoms with Crippen molar-refractivity contribution in [2.24, 2.45) is 0 Å². The molecule has 0 saturated heterocycles. The van der Waals surface area contributed by atoms with Crippen LogP contribution in [0.4, 0.5) is 11.6 Å². The predicted octanol–water partition coefficient (Wildman–Crippen LogP) is 2.11. The molecule has 0 amide bonds. The molecule has 21 heavy (non-hydrogen) atoms. The Bertz CT molecular complexity index is 709. The van der Waals surface area contributed by atoms with Gasteiger partial charge in [-0.2, -0.15) is 4.98 Å². The number of nitrogens with zero attached hydrogens (tertiary/aromatic N) is 2. The van der Waals surface area contributed by atoms with Crippen molar-refractivity contribution in [2.45, 2.75) is 43.7 Å². The van der Waals surface area contributed by atoms with Crippen LogP contribution in [0.15, 0.2) is 11.2 Å². The third kappa shape index (κ3) is 2.16. The van der Waals surface area contributed by atoms with Crippen LogP contribution in [-0.4, -0.2) is 23.9 Å². The zero-order valence-corrected chi connectivity index (χ0v) is 12.3. The van der Waals surface area contributed by atoms with E-state index in [1.807, 2.05) is 0 Å². The molecule has 110 valence electrons. The van der Waals surface area contributed by atoms with Crippen LogP contribution in [0.25, 0.3) is 0 Å². The number of aryl methyl sites for hydroxylation is 2. The number of hydrogen-bond acceptors (Lipinski definition) is 4. The van der Waals surface area contributed by atoms with Crippen molar-refractivity contribution in [1.29, 1.82) is 0 Å². The van der Waals surface area contributed by atoms with Crippen molar-refractivity contribution in [3.05, 3.63) is 28.3 Å². The first-order chi connectivity index (χ1) is 10.2. The maximum Gasteiger partial charge on any atom is 0.247 e. The first-order valence-corrected chi connectivity index (χ1v) is 8.30. The average molecular weight is 304 g/mol. The molecule has 0 bridgehead atoms. The lowest BCUT2D eigenvalue weighted by Gasteiger charge is -2.14. The van der Waals surface area contributed by atoms with Crippen molar-refractivity contribution in [1.82, 2.24) is 15.2 Å². The van der Waals surface area contributed by atoms with Gasteiger partial charge in [0.05, 0.1) is 0 Å². The third-order valence-corrected chi connectivity index (χ3v) is 4.85. The number of aromatic amines is 1. The van der Waals surface area contributed by atoms with Gasteiger partial charge in [-0.25, -0.2) is 9.31 Å². The van der Waals surface area contributed by atoms with Gasteiger partial charge in [-0.1, -0.05) is 6.07 Å². The maximum atomic E-state index is 11.0. The van der Waals surface area contributed by atoms with Crippen LogP contribution in [0.1, 0.15) is 35.1 Å². The molecular formula is C14H16N4O2S. The van der Waals surface area contributed by atoms with E-state index in [1.165, 1.54) is 35.1 Å². The van der Waals surface area contributed by atoms with Crippen LogP contribution < -0.4 is 5.32 Å². The van der Waals surface area contributed by atoms with Gasteiger partial charge in [0.15, 0.2) is 0 Å². The zero-order valence-electron chi connectivity index (χ0n) is 11.5. The molecular weight excluding hydrogens is 288 g/mol. The Labute approximate surface area is 124 Å². The van der Waals surface area contributed by atoms with Gasteiger partial charge in [0, 0.05) is 5.69 Å². The number of anilines is 2. The van der Waals surface area contributed by atoms with Crippen LogP contribution in [0.3, 0.4) is 0 Å². The summed E-state index contributed by atoms with van der Waals surface area (Å²) in [4.78, 5) is 4.03. The van der Waals surface area contributed by atoms with E-state index >= 15 is 0 Å². The van der Waals surface area contributed by atoms with E-state index in [2.05, 4.69) is 26.6 Å². The molecule has 0 radical (unpaired) electrons. The van der Waals surface area contributed by atoms with Gasteiger partial charge < -0.3 is 5.32 Å². The summed E-state index contributed by atoms with van der Waals surface area (Å²) in [6.07, 6.45) is 6.80. The van der Waals surface area contributed by atoms with Crippen LogP contribution in [0, 0.1) is 0 Å². The predicted molar refractivity (Wildman–Crippen MR) is 79.2 cm³/mol. The Morgan fingerprint density at radius 3 is 2.38 bits per heavy atom. The summed E-state index contributed by atoms with van der Waals surface area (Å²) < 4.78 is 20.0. The summed E-state index contributed by atoms with van der Waals surface area (Å²) in [5.41, 5.74) is 6.73. The number of nitrogens with one attached hydrogen (secondary N) is 2. The van der Waals surface area contributed by atoms with Gasteiger partial charge in [0.2, 0.25) is 22.2 Å². The largest absolute Gasteiger partial charge is 0.322 e. The molecule has 1 atom stereocenters. The molecule has 0 aliphatic heterocycles. The molecule has 2 aromatic rings. The second-order valence-corrected chi connectivity index (χ2v) is 6.46. The Kier molecular flexibility index (Phi) is 3.04. The summed E-state index contributed by atoms with van der Waals surface area (Å²) in [5, 5.41) is 9.73. The molecule has 7 heteroatoms. The molecule has 3 N–H and O–H groups in total. The summed E-state index contributed by atoms with van der Waals surface area (Å²) in [5.74, 6) is 0.363. The Balaban J connectivity index is 1.76. The molecule has 0 spiro atoms. The summed E-state index contributed by atoms with van der Waals surface area (Å²) >= 11 is -2.13. The average Bonchev–Trinajstić information content (AvgIpc) is 3.17. The van der Waals surface area contributed by atoms with Gasteiger partial charge in [-0.3, -0.25) is 4.55 Å². The SMILES string of the molecule is O=S(O)c1nc(Nc2c3c(cc4c2CCC4)CCC3)n[nH]1. The van der Waals surface area contributed by atoms with Crippen molar-refractivity contribution in [2.75, 3.05) is 5.32 Å². The number of rotatable bonds is 3. The fraction of sp³-hybridized carbons (Fsp3) is 0.429. The molecule has 2 aliphatic rings. The molecule has 2 aliphatic carbocycles. The monoisotopic (exact) mass is 304 g/mol. The highest BCUT2D eigenvalue weighted by molar-refractivity contribution is 7.79. The van der Waals surface area contributed by atoms with Gasteiger partial charge >= 0.3 is 0 Å². The van der Waals surface area contributed by atoms with E-state index in [4.69, 9.17) is 4.55 Å². The minimum atomic E-state index is -2.13. The lowest BCUT2D eigenvalue weighted by molar-refractivity contribution is 0.555. The van der Waals surface area contributed by atoms with Crippen molar-refractivity contribution in [3.8, 4) is 0 Å². The first-order valence-electron chi connectivity index (χ1n) is 7.19. The van der Waals surface area contributed by atoms with E-state index in [0.717, 1.165) is 31.4 Å². The summed E-state index contributed by atoms with van der Waals surface area (Å²) in [6.45, 7) is 0. The van der Waals surface area contributed by atoms with Gasteiger partial charge in [0.1, 0.15) is 0 Å². The van der Waals surface area contributed by atoms with E-state index < -0.39 is 11.1 Å². The minimum absolute atomic E-state index is 0.0262. The van der Waals surface area contributed by atoms with Crippen LogP contribution in [0.2, 0.25) is 0 Å². The first kappa shape index (κ1) is 13.0. The topological polar surface area (TPSA) is 90.9 Å². The smallest absolute Gasteiger partial charge is 0.247 e. The number of fused-ring (bicyclic) bond motifs is 2. The van der Waals surface area contributed by atoms with Gasteiger partial charge in [-0.15, -0.1) is 5.10 Å². The van der Waals surface area contributed by atoms with Crippen molar-refractivity contribution < 1.29 is 8.76 Å². The number of benzene rings is 1. The lowest BCUT2D eigenvalue weighted by atomic mass is 9.99. The molecule has 0 fully saturated rings. The molecule has 6 nitrogen and oxygen atoms in total. The number of H-pyrrole nitrogens is 1. The third-order valence-electron chi connectivity index (χ3n) is 4.34. The van der Waals surface area contributed by atoms with Crippen molar-refractivity contribution >= 4 is 22.7 Å². The van der Waals surface area contributed by atoms with E-state index in [1.54, 1.807) is 0 Å². The standard InChI is InChI=1S/C14H16N4O2S/c19-21(20)14-16-13(17-18-14)15-12-10-5-1-3-8(10)7-9-4-2-6-11(9)12/h7H,1-6H2,(H,19,20)(H2,15,16,17,18). The molecule has 4 rings (SSSR count). The Morgan fingerprint density at radius 2 is 1.81 bits per heavy atom. The second kappa shape index (κ2) is 4.92. The molecule has 1 aromatic heterocycles. The fourth-order valence-corrected chi connectivity index (χ4v) is 3.75. The van der Waals surface area contributed by atoms with Crippen LogP contribution in [-0.2, 0) is 36.8 Å². The van der Waals surface area contributed by atoms with E-state index in [0.29, 0.717) is 5.95 Å². The lowest BCUT2D eigenvalue weighted by Crippen LogP contribution is -2.03. The maximum absolute atomic E-state index is 11.0. The highest BCUT2D eigenvalue weighted by Gasteiger charge is 2.24. The molecule has 1 aromatic carbocycles. The van der Waals surface area contributed by atoms with E-state index in [-0.39, 0.29) is 5.16 Å². The zero-order chi connectivity index (χ0) is 14.4. The Morgan fingerprint density at radius 1 is 1.14 bits per heavy atom. The van der Waals surface area contributed by atoms with E-state index in [9.17, 15) is 4.21 Å². The van der Waals surface area contributed by atoms with Gasteiger partial charge in [0.25, 0.3) is 0 Å². The number of hydrogen-bond donors (Lipinski definition) is 3. The summed E-state index contributed by atoms with van der Waals surface area (Å²) in [7, 11) is 0. The highest BCUT2D eigenvalue weighted by atomic mass is 32.2. The minimum Gasteiger partial charge on any atom is -0.322 e. The fourth-order valence-electron chi connectivity index (χ4n) is 3.46. The normalized spacial score (nSPS) is 17.6. The molecule has 0 saturated carbocycles. The Hall–Kier alpha value is -1.73. The second-order valence-electron chi connectivity index (χ2n) is 5.57. The molecule has 1 unspecified atom stereocenters. The highest BCUT2D eigenvalue weighted by Crippen LogP contribution is 2.39. The van der Waals surface area contributed by atoms with Gasteiger partial charge in [-0.05, 0) is 60.8 Å². The summed E-state index contributed by atoms with van der Waals surface area (Å²) in [6, 6.07) is 2.36. The number of aromatic nitrogens is 3. The van der Waals surface area contributed by atoms with Crippen LogP contribution in [0.5, 0.6) is 0 Å². The molecule has 1 heterocycles. The quantitative estimate of drug-likeness (QED) is 0.755. The van der Waals surface area contributed by atoms with Crippen molar-refractivity contribution in [3.63, 3.8) is 0 Å². The van der Waals surface area contributed by atoms with Crippen LogP contribution >= 0.6 is 0 Å².